The van der Waals surface area contributed by atoms with E-state index in [4.69, 9.17) is 5.26 Å². The van der Waals surface area contributed by atoms with Gasteiger partial charge >= 0.3 is 0 Å². The number of aromatic nitrogens is 2. The van der Waals surface area contributed by atoms with Gasteiger partial charge in [-0.3, -0.25) is 0 Å². The molecule has 0 saturated carbocycles. The van der Waals surface area contributed by atoms with Gasteiger partial charge in [0, 0.05) is 18.3 Å². The minimum absolute atomic E-state index is 0.657. The van der Waals surface area contributed by atoms with Crippen molar-refractivity contribution in [2.45, 2.75) is 0 Å². The highest BCUT2D eigenvalue weighted by atomic mass is 14.8. The van der Waals surface area contributed by atoms with Crippen LogP contribution >= 0.6 is 0 Å². The van der Waals surface area contributed by atoms with Crippen molar-refractivity contribution in [2.75, 3.05) is 0 Å². The minimum Gasteiger partial charge on any atom is -0.244 e. The Balaban J connectivity index is 2.89. The van der Waals surface area contributed by atoms with Crippen molar-refractivity contribution in [3.63, 3.8) is 0 Å². The first-order valence-electron chi connectivity index (χ1n) is 2.58. The van der Waals surface area contributed by atoms with Gasteiger partial charge in [-0.25, -0.2) is 9.97 Å². The van der Waals surface area contributed by atoms with Crippen LogP contribution < -0.4 is 0 Å². The van der Waals surface area contributed by atoms with Crippen molar-refractivity contribution in [3.05, 3.63) is 24.3 Å². The summed E-state index contributed by atoms with van der Waals surface area (Å²) in [6, 6.07) is 1.70. The van der Waals surface area contributed by atoms with Gasteiger partial charge in [0.1, 0.15) is 6.33 Å². The maximum Gasteiger partial charge on any atom is 0.152 e. The second-order valence-electron chi connectivity index (χ2n) is 1.49. The average Bonchev–Trinajstić information content (AvgIpc) is 2.03. The van der Waals surface area contributed by atoms with Gasteiger partial charge in [0.2, 0.25) is 0 Å². The predicted molar refractivity (Wildman–Crippen MR) is 34.5 cm³/mol. The van der Waals surface area contributed by atoms with E-state index in [-0.39, 0.29) is 0 Å². The van der Waals surface area contributed by atoms with Crippen molar-refractivity contribution >= 4 is 0 Å². The first-order chi connectivity index (χ1) is 4.93. The molecule has 0 spiro atoms. The van der Waals surface area contributed by atoms with Gasteiger partial charge in [-0.15, -0.1) is 0 Å². The van der Waals surface area contributed by atoms with Crippen LogP contribution in [0.15, 0.2) is 18.7 Å². The number of hydrogen-bond acceptors (Lipinski definition) is 3. The van der Waals surface area contributed by atoms with Gasteiger partial charge < -0.3 is 0 Å². The highest BCUT2D eigenvalue weighted by molar-refractivity contribution is 5.33. The molecule has 0 N–H and O–H groups in total. The van der Waals surface area contributed by atoms with E-state index in [1.807, 2.05) is 0 Å². The molecule has 1 aromatic rings. The quantitative estimate of drug-likeness (QED) is 0.475. The first kappa shape index (κ1) is 6.25. The van der Waals surface area contributed by atoms with Crippen molar-refractivity contribution in [2.24, 2.45) is 0 Å². The third kappa shape index (κ3) is 1.57. The molecule has 10 heavy (non-hydrogen) atoms. The van der Waals surface area contributed by atoms with Crippen LogP contribution in [0.3, 0.4) is 0 Å². The lowest BCUT2D eigenvalue weighted by molar-refractivity contribution is 1.16. The lowest BCUT2D eigenvalue weighted by Gasteiger charge is -1.81. The molecule has 0 fully saturated rings. The summed E-state index contributed by atoms with van der Waals surface area (Å²) in [6.07, 6.45) is 4.52. The standard InChI is InChI=1S/C7H3N3/c8-3-1-2-7-4-9-6-10-5-7/h4-6H. The predicted octanol–water partition coefficient (Wildman–Crippen LogP) is 0.352. The average molecular weight is 129 g/mol. The number of hydrogen-bond donors (Lipinski definition) is 0. The Morgan fingerprint density at radius 3 is 2.60 bits per heavy atom. The molecule has 3 heteroatoms. The molecule has 0 radical (unpaired) electrons. The number of nitrogens with zero attached hydrogens (tertiary/aromatic N) is 3. The normalized spacial score (nSPS) is 7.10. The Kier molecular flexibility index (Phi) is 2.01. The van der Waals surface area contributed by atoms with Crippen molar-refractivity contribution in [3.8, 4) is 17.9 Å². The van der Waals surface area contributed by atoms with Crippen LogP contribution in [0, 0.1) is 23.2 Å². The van der Waals surface area contributed by atoms with Gasteiger partial charge in [0.25, 0.3) is 0 Å². The molecular weight excluding hydrogens is 126 g/mol. The molecule has 0 aliphatic carbocycles. The molecule has 46 valence electrons. The Morgan fingerprint density at radius 2 is 2.00 bits per heavy atom. The topological polar surface area (TPSA) is 49.6 Å². The van der Waals surface area contributed by atoms with Gasteiger partial charge in [-0.05, 0) is 5.92 Å². The maximum absolute atomic E-state index is 8.06. The Hall–Kier alpha value is -1.87. The van der Waals surface area contributed by atoms with Crippen LogP contribution in [0.25, 0.3) is 0 Å². The molecule has 1 heterocycles. The van der Waals surface area contributed by atoms with Gasteiger partial charge in [-0.2, -0.15) is 5.26 Å². The van der Waals surface area contributed by atoms with Crippen molar-refractivity contribution in [1.29, 1.82) is 5.26 Å². The minimum atomic E-state index is 0.657. The first-order valence-corrected chi connectivity index (χ1v) is 2.58. The van der Waals surface area contributed by atoms with E-state index in [0.29, 0.717) is 5.56 Å². The van der Waals surface area contributed by atoms with Gasteiger partial charge in [0.05, 0.1) is 5.56 Å². The van der Waals surface area contributed by atoms with E-state index in [2.05, 4.69) is 21.8 Å². The lowest BCUT2D eigenvalue weighted by atomic mass is 10.3. The molecule has 1 aromatic heterocycles. The monoisotopic (exact) mass is 129 g/mol. The van der Waals surface area contributed by atoms with E-state index in [1.165, 1.54) is 6.33 Å². The fourth-order valence-electron chi connectivity index (χ4n) is 0.464. The molecule has 0 aliphatic rings. The zero-order valence-electron chi connectivity index (χ0n) is 5.07. The zero-order chi connectivity index (χ0) is 7.23. The van der Waals surface area contributed by atoms with Crippen LogP contribution in [-0.4, -0.2) is 9.97 Å². The summed E-state index contributed by atoms with van der Waals surface area (Å²) in [4.78, 5) is 7.43. The van der Waals surface area contributed by atoms with Crippen molar-refractivity contribution in [1.82, 2.24) is 9.97 Å². The van der Waals surface area contributed by atoms with Crippen LogP contribution in [0.1, 0.15) is 5.56 Å². The second-order valence-corrected chi connectivity index (χ2v) is 1.49. The lowest BCUT2D eigenvalue weighted by Crippen LogP contribution is -1.78. The van der Waals surface area contributed by atoms with Crippen LogP contribution in [0.5, 0.6) is 0 Å². The summed E-state index contributed by atoms with van der Waals surface area (Å²) in [5.41, 5.74) is 0.657. The Labute approximate surface area is 58.4 Å². The Bertz CT molecular complexity index is 299. The van der Waals surface area contributed by atoms with E-state index in [0.717, 1.165) is 0 Å². The fraction of sp³-hybridized carbons (Fsp3) is 0. The molecule has 0 aliphatic heterocycles. The number of rotatable bonds is 0. The molecule has 3 nitrogen and oxygen atoms in total. The maximum atomic E-state index is 8.06. The molecule has 0 bridgehead atoms. The third-order valence-corrected chi connectivity index (χ3v) is 0.823. The summed E-state index contributed by atoms with van der Waals surface area (Å²) in [5.74, 6) is 4.80. The van der Waals surface area contributed by atoms with Crippen LogP contribution in [0.4, 0.5) is 0 Å². The van der Waals surface area contributed by atoms with Crippen LogP contribution in [-0.2, 0) is 0 Å². The van der Waals surface area contributed by atoms with Gasteiger partial charge in [0.15, 0.2) is 6.07 Å². The molecule has 0 aromatic carbocycles. The molecule has 0 unspecified atom stereocenters. The summed E-state index contributed by atoms with van der Waals surface area (Å²) in [5, 5.41) is 8.06. The Morgan fingerprint density at radius 1 is 1.30 bits per heavy atom. The summed E-state index contributed by atoms with van der Waals surface area (Å²) >= 11 is 0. The van der Waals surface area contributed by atoms with E-state index >= 15 is 0 Å². The zero-order valence-corrected chi connectivity index (χ0v) is 5.07. The molecule has 0 atom stereocenters. The molecule has 0 amide bonds. The molecule has 0 saturated heterocycles. The largest absolute Gasteiger partial charge is 0.244 e. The SMILES string of the molecule is N#CC#Cc1cncnc1. The van der Waals surface area contributed by atoms with E-state index in [9.17, 15) is 0 Å². The van der Waals surface area contributed by atoms with Crippen LogP contribution in [0.2, 0.25) is 0 Å². The van der Waals surface area contributed by atoms with E-state index < -0.39 is 0 Å². The summed E-state index contributed by atoms with van der Waals surface area (Å²) < 4.78 is 0. The molecule has 1 rings (SSSR count). The van der Waals surface area contributed by atoms with E-state index in [1.54, 1.807) is 18.5 Å². The summed E-state index contributed by atoms with van der Waals surface area (Å²) in [7, 11) is 0. The summed E-state index contributed by atoms with van der Waals surface area (Å²) in [6.45, 7) is 0. The smallest absolute Gasteiger partial charge is 0.152 e. The number of nitriles is 1. The third-order valence-electron chi connectivity index (χ3n) is 0.823. The fourth-order valence-corrected chi connectivity index (χ4v) is 0.464. The van der Waals surface area contributed by atoms with Crippen molar-refractivity contribution < 1.29 is 0 Å². The highest BCUT2D eigenvalue weighted by Gasteiger charge is 1.80. The highest BCUT2D eigenvalue weighted by Crippen LogP contribution is 1.86. The second kappa shape index (κ2) is 3.21. The van der Waals surface area contributed by atoms with Gasteiger partial charge in [-0.1, -0.05) is 0 Å². The molecular formula is C7H3N3.